The second kappa shape index (κ2) is 7.20. The van der Waals surface area contributed by atoms with E-state index in [0.717, 1.165) is 12.8 Å². The van der Waals surface area contributed by atoms with Crippen molar-refractivity contribution in [2.45, 2.75) is 53.5 Å². The molecule has 0 aromatic heterocycles. The van der Waals surface area contributed by atoms with Crippen LogP contribution in [-0.4, -0.2) is 15.9 Å². The van der Waals surface area contributed by atoms with E-state index in [2.05, 4.69) is 5.32 Å². The predicted octanol–water partition coefficient (Wildman–Crippen LogP) is 4.36. The van der Waals surface area contributed by atoms with Crippen molar-refractivity contribution in [2.75, 3.05) is 5.32 Å². The molecule has 0 saturated heterocycles. The van der Waals surface area contributed by atoms with Gasteiger partial charge in [0, 0.05) is 17.7 Å². The quantitative estimate of drug-likeness (QED) is 0.596. The largest absolute Gasteiger partial charge is 0.371 e. The lowest BCUT2D eigenvalue weighted by atomic mass is 9.95. The highest BCUT2D eigenvalue weighted by atomic mass is 16.6. The maximum atomic E-state index is 11.4. The van der Waals surface area contributed by atoms with Gasteiger partial charge in [-0.15, -0.1) is 0 Å². The highest BCUT2D eigenvalue weighted by Crippen LogP contribution is 2.40. The molecule has 1 aromatic rings. The van der Waals surface area contributed by atoms with Crippen LogP contribution in [0.5, 0.6) is 0 Å². The minimum atomic E-state index is -0.564. The Hall–Kier alpha value is -2.18. The second-order valence-corrected chi connectivity index (χ2v) is 5.62. The van der Waals surface area contributed by atoms with Crippen LogP contribution in [0.1, 0.15) is 44.7 Å². The van der Waals surface area contributed by atoms with E-state index in [4.69, 9.17) is 0 Å². The van der Waals surface area contributed by atoms with Crippen molar-refractivity contribution in [3.63, 3.8) is 0 Å². The van der Waals surface area contributed by atoms with Gasteiger partial charge in [0.15, 0.2) is 5.69 Å². The van der Waals surface area contributed by atoms with Gasteiger partial charge in [0.2, 0.25) is 0 Å². The van der Waals surface area contributed by atoms with Gasteiger partial charge in [-0.1, -0.05) is 27.2 Å². The third-order valence-corrected chi connectivity index (χ3v) is 4.27. The van der Waals surface area contributed by atoms with E-state index in [1.807, 2.05) is 20.8 Å². The van der Waals surface area contributed by atoms with Gasteiger partial charge in [-0.05, 0) is 31.7 Å². The summed E-state index contributed by atoms with van der Waals surface area (Å²) in [4.78, 5) is 21.6. The molecular weight excluding hydrogens is 286 g/mol. The maximum Gasteiger partial charge on any atom is 0.302 e. The number of nitrogens with one attached hydrogen (secondary N) is 1. The Kier molecular flexibility index (Phi) is 5.84. The topological polar surface area (TPSA) is 98.3 Å². The maximum absolute atomic E-state index is 11.4. The fourth-order valence-corrected chi connectivity index (χ4v) is 2.51. The molecule has 7 heteroatoms. The first-order valence-electron chi connectivity index (χ1n) is 7.43. The van der Waals surface area contributed by atoms with Crippen molar-refractivity contribution < 1.29 is 9.85 Å². The van der Waals surface area contributed by atoms with Gasteiger partial charge in [-0.25, -0.2) is 0 Å². The van der Waals surface area contributed by atoms with Crippen LogP contribution in [0.4, 0.5) is 17.1 Å². The van der Waals surface area contributed by atoms with Crippen molar-refractivity contribution in [3.05, 3.63) is 37.4 Å². The molecule has 2 unspecified atom stereocenters. The SMILES string of the molecule is CCC(C)C(CC)Nc1c([N+](=O)[O-])cc(C)c(C)c1[N+](=O)[O-]. The summed E-state index contributed by atoms with van der Waals surface area (Å²) < 4.78 is 0. The molecule has 0 aliphatic carbocycles. The number of nitro benzene ring substituents is 2. The Morgan fingerprint density at radius 1 is 1.14 bits per heavy atom. The van der Waals surface area contributed by atoms with Crippen LogP contribution in [0.25, 0.3) is 0 Å². The second-order valence-electron chi connectivity index (χ2n) is 5.62. The summed E-state index contributed by atoms with van der Waals surface area (Å²) in [5.41, 5.74) is 0.577. The Morgan fingerprint density at radius 3 is 2.14 bits per heavy atom. The van der Waals surface area contributed by atoms with E-state index in [9.17, 15) is 20.2 Å². The summed E-state index contributed by atoms with van der Waals surface area (Å²) >= 11 is 0. The van der Waals surface area contributed by atoms with Crippen LogP contribution >= 0.6 is 0 Å². The molecule has 0 bridgehead atoms. The average Bonchev–Trinajstić information content (AvgIpc) is 2.46. The first-order valence-corrected chi connectivity index (χ1v) is 7.43. The number of hydrogen-bond donors (Lipinski definition) is 1. The smallest absolute Gasteiger partial charge is 0.302 e. The van der Waals surface area contributed by atoms with E-state index >= 15 is 0 Å². The van der Waals surface area contributed by atoms with Crippen LogP contribution in [-0.2, 0) is 0 Å². The van der Waals surface area contributed by atoms with Gasteiger partial charge in [0.25, 0.3) is 5.69 Å². The summed E-state index contributed by atoms with van der Waals surface area (Å²) in [5.74, 6) is 0.255. The Balaban J connectivity index is 3.51. The molecule has 7 nitrogen and oxygen atoms in total. The molecule has 1 rings (SSSR count). The number of nitrogens with zero attached hydrogens (tertiary/aromatic N) is 2. The normalized spacial score (nSPS) is 13.5. The summed E-state index contributed by atoms with van der Waals surface area (Å²) in [6, 6.07) is 1.35. The van der Waals surface area contributed by atoms with E-state index in [0.29, 0.717) is 11.1 Å². The Morgan fingerprint density at radius 2 is 1.73 bits per heavy atom. The molecule has 1 aromatic carbocycles. The van der Waals surface area contributed by atoms with Gasteiger partial charge in [0.05, 0.1) is 9.85 Å². The number of nitro groups is 2. The monoisotopic (exact) mass is 309 g/mol. The Bertz CT molecular complexity index is 587. The molecule has 0 aliphatic rings. The molecule has 0 saturated carbocycles. The number of hydrogen-bond acceptors (Lipinski definition) is 5. The minimum absolute atomic E-state index is 0.0188. The van der Waals surface area contributed by atoms with Gasteiger partial charge in [0.1, 0.15) is 0 Å². The molecule has 2 atom stereocenters. The van der Waals surface area contributed by atoms with Crippen LogP contribution in [0.3, 0.4) is 0 Å². The fraction of sp³-hybridized carbons (Fsp3) is 0.600. The zero-order valence-electron chi connectivity index (χ0n) is 13.7. The third kappa shape index (κ3) is 3.52. The lowest BCUT2D eigenvalue weighted by molar-refractivity contribution is -0.392. The van der Waals surface area contributed by atoms with E-state index in [1.165, 1.54) is 6.07 Å². The summed E-state index contributed by atoms with van der Waals surface area (Å²) in [6.07, 6.45) is 1.62. The van der Waals surface area contributed by atoms with Gasteiger partial charge >= 0.3 is 5.69 Å². The first-order chi connectivity index (χ1) is 10.2. The molecule has 0 fully saturated rings. The average molecular weight is 309 g/mol. The number of benzene rings is 1. The van der Waals surface area contributed by atoms with Crippen LogP contribution in [0.2, 0.25) is 0 Å². The molecule has 0 aliphatic heterocycles. The number of rotatable bonds is 7. The highest BCUT2D eigenvalue weighted by molar-refractivity contribution is 5.78. The van der Waals surface area contributed by atoms with E-state index < -0.39 is 9.85 Å². The molecule has 1 N–H and O–H groups in total. The molecular formula is C15H23N3O4. The zero-order chi connectivity index (χ0) is 17.0. The van der Waals surface area contributed by atoms with Crippen LogP contribution in [0.15, 0.2) is 6.07 Å². The standard InChI is InChI=1S/C15H23N3O4/c1-6-9(3)12(7-2)16-14-13(17(19)20)8-10(4)11(5)15(14)18(21)22/h8-9,12,16H,6-7H2,1-5H3. The molecule has 22 heavy (non-hydrogen) atoms. The molecule has 0 spiro atoms. The molecule has 0 heterocycles. The van der Waals surface area contributed by atoms with Crippen molar-refractivity contribution >= 4 is 17.1 Å². The summed E-state index contributed by atoms with van der Waals surface area (Å²) in [5, 5.41) is 25.8. The predicted molar refractivity (Wildman–Crippen MR) is 86.4 cm³/mol. The highest BCUT2D eigenvalue weighted by Gasteiger charge is 2.31. The third-order valence-electron chi connectivity index (χ3n) is 4.27. The minimum Gasteiger partial charge on any atom is -0.371 e. The number of anilines is 1. The van der Waals surface area contributed by atoms with Crippen molar-refractivity contribution in [3.8, 4) is 0 Å². The molecule has 0 amide bonds. The van der Waals surface area contributed by atoms with E-state index in [-0.39, 0.29) is 29.0 Å². The van der Waals surface area contributed by atoms with Gasteiger partial charge < -0.3 is 5.32 Å². The first kappa shape index (κ1) is 17.9. The van der Waals surface area contributed by atoms with Crippen molar-refractivity contribution in [1.82, 2.24) is 0 Å². The molecule has 0 radical (unpaired) electrons. The lowest BCUT2D eigenvalue weighted by Crippen LogP contribution is -2.27. The summed E-state index contributed by atoms with van der Waals surface area (Å²) in [6.45, 7) is 9.28. The number of aryl methyl sites for hydroxylation is 1. The zero-order valence-corrected chi connectivity index (χ0v) is 13.7. The van der Waals surface area contributed by atoms with Gasteiger partial charge in [-0.3, -0.25) is 20.2 Å². The Labute approximate surface area is 130 Å². The van der Waals surface area contributed by atoms with Crippen molar-refractivity contribution in [2.24, 2.45) is 5.92 Å². The molecule has 122 valence electrons. The van der Waals surface area contributed by atoms with E-state index in [1.54, 1.807) is 13.8 Å². The van der Waals surface area contributed by atoms with Crippen molar-refractivity contribution in [1.29, 1.82) is 0 Å². The fourth-order valence-electron chi connectivity index (χ4n) is 2.51. The lowest BCUT2D eigenvalue weighted by Gasteiger charge is -2.24. The van der Waals surface area contributed by atoms with Crippen LogP contribution < -0.4 is 5.32 Å². The summed E-state index contributed by atoms with van der Waals surface area (Å²) in [7, 11) is 0. The van der Waals surface area contributed by atoms with Gasteiger partial charge in [-0.2, -0.15) is 0 Å². The van der Waals surface area contributed by atoms with Crippen LogP contribution in [0, 0.1) is 40.0 Å².